The van der Waals surface area contributed by atoms with Gasteiger partial charge in [-0.3, -0.25) is 0 Å². The Morgan fingerprint density at radius 2 is 2.09 bits per heavy atom. The largest absolute Gasteiger partial charge is 0.503 e. The summed E-state index contributed by atoms with van der Waals surface area (Å²) in [6.45, 7) is 1.55. The second-order valence-corrected chi connectivity index (χ2v) is 5.21. The maximum Gasteiger partial charge on any atom is 0.335 e. The molecule has 0 spiro atoms. The predicted octanol–water partition coefficient (Wildman–Crippen LogP) is 2.11. The van der Waals surface area contributed by atoms with Crippen LogP contribution in [-0.2, 0) is 4.79 Å². The fourth-order valence-electron chi connectivity index (χ4n) is 2.28. The van der Waals surface area contributed by atoms with Gasteiger partial charge in [-0.2, -0.15) is 0 Å². The Morgan fingerprint density at radius 3 is 2.64 bits per heavy atom. The van der Waals surface area contributed by atoms with Gasteiger partial charge < -0.3 is 25.2 Å². The lowest BCUT2D eigenvalue weighted by Gasteiger charge is -2.32. The number of amides is 2. The molecule has 8 heteroatoms. The second kappa shape index (κ2) is 5.76. The third-order valence-corrected chi connectivity index (χ3v) is 3.88. The van der Waals surface area contributed by atoms with Crippen LogP contribution in [0, 0.1) is 0 Å². The van der Waals surface area contributed by atoms with Crippen molar-refractivity contribution in [2.24, 2.45) is 0 Å². The molecule has 3 N–H and O–H groups in total. The first-order valence-electron chi connectivity index (χ1n) is 6.32. The Balaban J connectivity index is 2.62. The lowest BCUT2D eigenvalue weighted by Crippen LogP contribution is -2.46. The average Bonchev–Trinajstić information content (AvgIpc) is 2.46. The average molecular weight is 327 g/mol. The first kappa shape index (κ1) is 16.0. The van der Waals surface area contributed by atoms with Crippen molar-refractivity contribution in [2.45, 2.75) is 13.0 Å². The van der Waals surface area contributed by atoms with Gasteiger partial charge in [0.15, 0.2) is 11.5 Å². The fourth-order valence-corrected chi connectivity index (χ4v) is 2.50. The molecule has 0 fully saturated rings. The molecule has 118 valence electrons. The maximum atomic E-state index is 11.9. The van der Waals surface area contributed by atoms with Crippen molar-refractivity contribution < 1.29 is 24.5 Å². The van der Waals surface area contributed by atoms with Crippen LogP contribution in [0.2, 0.25) is 5.02 Å². The molecule has 0 saturated carbocycles. The van der Waals surface area contributed by atoms with Crippen LogP contribution < -0.4 is 10.1 Å². The van der Waals surface area contributed by atoms with Crippen molar-refractivity contribution in [3.63, 3.8) is 0 Å². The number of carboxylic acids is 1. The van der Waals surface area contributed by atoms with Gasteiger partial charge >= 0.3 is 12.0 Å². The van der Waals surface area contributed by atoms with E-state index in [2.05, 4.69) is 5.32 Å². The van der Waals surface area contributed by atoms with E-state index in [-0.39, 0.29) is 22.1 Å². The third-order valence-electron chi connectivity index (χ3n) is 3.59. The molecule has 2 amide bonds. The number of halogens is 1. The van der Waals surface area contributed by atoms with Crippen LogP contribution >= 0.6 is 11.6 Å². The molecular weight excluding hydrogens is 312 g/mol. The summed E-state index contributed by atoms with van der Waals surface area (Å²) in [5.41, 5.74) is 0.744. The van der Waals surface area contributed by atoms with Crippen molar-refractivity contribution in [3.05, 3.63) is 34.0 Å². The van der Waals surface area contributed by atoms with Gasteiger partial charge in [0.25, 0.3) is 0 Å². The number of aliphatic carboxylic acids is 1. The zero-order valence-electron chi connectivity index (χ0n) is 12.2. The van der Waals surface area contributed by atoms with E-state index in [1.807, 2.05) is 0 Å². The van der Waals surface area contributed by atoms with Gasteiger partial charge in [0.1, 0.15) is 0 Å². The van der Waals surface area contributed by atoms with Crippen LogP contribution in [0.15, 0.2) is 23.4 Å². The number of ether oxygens (including phenoxy) is 1. The number of benzene rings is 1. The third kappa shape index (κ3) is 2.55. The highest BCUT2D eigenvalue weighted by atomic mass is 35.5. The minimum atomic E-state index is -1.16. The minimum absolute atomic E-state index is 0.00455. The number of nitrogens with zero attached hydrogens (tertiary/aromatic N) is 1. The van der Waals surface area contributed by atoms with E-state index >= 15 is 0 Å². The molecule has 1 atom stereocenters. The summed E-state index contributed by atoms with van der Waals surface area (Å²) >= 11 is 5.93. The number of nitrogens with one attached hydrogen (secondary N) is 1. The van der Waals surface area contributed by atoms with E-state index in [4.69, 9.17) is 16.3 Å². The normalized spacial score (nSPS) is 18.3. The quantitative estimate of drug-likeness (QED) is 0.790. The molecule has 0 aromatic heterocycles. The maximum absolute atomic E-state index is 11.9. The molecular formula is C14H15ClN2O5. The number of allylic oxidation sites excluding steroid dienone is 1. The summed E-state index contributed by atoms with van der Waals surface area (Å²) in [5.74, 6) is -1.31. The van der Waals surface area contributed by atoms with Gasteiger partial charge in [-0.1, -0.05) is 11.6 Å². The highest BCUT2D eigenvalue weighted by Crippen LogP contribution is 2.39. The highest BCUT2D eigenvalue weighted by Gasteiger charge is 2.34. The van der Waals surface area contributed by atoms with Crippen molar-refractivity contribution in [3.8, 4) is 11.5 Å². The molecule has 0 aliphatic carbocycles. The van der Waals surface area contributed by atoms with Gasteiger partial charge in [-0.05, 0) is 24.6 Å². The van der Waals surface area contributed by atoms with Crippen LogP contribution in [-0.4, -0.2) is 41.3 Å². The molecule has 22 heavy (non-hydrogen) atoms. The monoisotopic (exact) mass is 326 g/mol. The highest BCUT2D eigenvalue weighted by molar-refractivity contribution is 6.32. The van der Waals surface area contributed by atoms with Crippen molar-refractivity contribution >= 4 is 23.6 Å². The Hall–Kier alpha value is -2.41. The standard InChI is InChI=1S/C14H15ClN2O5/c1-6-10(13(19)20)11(16-14(21)17(6)2)7-4-8(15)12(18)9(5-7)22-3/h4-5,11,18H,1-3H3,(H,16,21)(H,19,20). The van der Waals surface area contributed by atoms with E-state index in [0.29, 0.717) is 11.3 Å². The van der Waals surface area contributed by atoms with Gasteiger partial charge in [0, 0.05) is 12.7 Å². The Bertz CT molecular complexity index is 686. The lowest BCUT2D eigenvalue weighted by atomic mass is 9.95. The van der Waals surface area contributed by atoms with Crippen LogP contribution in [0.5, 0.6) is 11.5 Å². The second-order valence-electron chi connectivity index (χ2n) is 4.80. The van der Waals surface area contributed by atoms with E-state index in [1.165, 1.54) is 31.2 Å². The number of hydrogen-bond acceptors (Lipinski definition) is 4. The number of carboxylic acid groups (broad SMARTS) is 1. The summed E-state index contributed by atoms with van der Waals surface area (Å²) in [7, 11) is 2.83. The number of aromatic hydroxyl groups is 1. The molecule has 0 bridgehead atoms. The smallest absolute Gasteiger partial charge is 0.335 e. The first-order valence-corrected chi connectivity index (χ1v) is 6.70. The van der Waals surface area contributed by atoms with Crippen LogP contribution in [0.4, 0.5) is 4.79 Å². The number of rotatable bonds is 3. The van der Waals surface area contributed by atoms with Crippen molar-refractivity contribution in [2.75, 3.05) is 14.2 Å². The van der Waals surface area contributed by atoms with Crippen LogP contribution in [0.3, 0.4) is 0 Å². The summed E-state index contributed by atoms with van der Waals surface area (Å²) in [6.07, 6.45) is 0. The molecule has 1 aliphatic heterocycles. The first-order chi connectivity index (χ1) is 10.3. The number of carbonyl (C=O) groups excluding carboxylic acids is 1. The lowest BCUT2D eigenvalue weighted by molar-refractivity contribution is -0.133. The van der Waals surface area contributed by atoms with Gasteiger partial charge in [0.2, 0.25) is 0 Å². The zero-order valence-corrected chi connectivity index (χ0v) is 12.9. The number of phenolic OH excluding ortho intramolecular Hbond substituents is 1. The van der Waals surface area contributed by atoms with Crippen LogP contribution in [0.25, 0.3) is 0 Å². The number of phenols is 1. The molecule has 1 unspecified atom stereocenters. The fraction of sp³-hybridized carbons (Fsp3) is 0.286. The van der Waals surface area contributed by atoms with E-state index < -0.39 is 18.0 Å². The summed E-state index contributed by atoms with van der Waals surface area (Å²) in [6, 6.07) is 1.50. The topological polar surface area (TPSA) is 99.1 Å². The number of carbonyl (C=O) groups is 2. The van der Waals surface area contributed by atoms with E-state index in [9.17, 15) is 19.8 Å². The minimum Gasteiger partial charge on any atom is -0.503 e. The number of methoxy groups -OCH3 is 1. The summed E-state index contributed by atoms with van der Waals surface area (Å²) in [5, 5.41) is 21.8. The Labute approximate surface area is 131 Å². The molecule has 1 aromatic rings. The summed E-state index contributed by atoms with van der Waals surface area (Å²) in [4.78, 5) is 24.7. The van der Waals surface area contributed by atoms with E-state index in [1.54, 1.807) is 6.92 Å². The zero-order chi connectivity index (χ0) is 16.6. The van der Waals surface area contributed by atoms with Gasteiger partial charge in [-0.25, -0.2) is 9.59 Å². The Morgan fingerprint density at radius 1 is 1.45 bits per heavy atom. The molecule has 0 radical (unpaired) electrons. The molecule has 2 rings (SSSR count). The Kier molecular flexibility index (Phi) is 4.18. The molecule has 1 aromatic carbocycles. The van der Waals surface area contributed by atoms with Gasteiger partial charge in [0.05, 0.1) is 23.7 Å². The number of hydrogen-bond donors (Lipinski definition) is 3. The molecule has 7 nitrogen and oxygen atoms in total. The van der Waals surface area contributed by atoms with Crippen molar-refractivity contribution in [1.29, 1.82) is 0 Å². The number of urea groups is 1. The van der Waals surface area contributed by atoms with Crippen LogP contribution in [0.1, 0.15) is 18.5 Å². The molecule has 1 heterocycles. The molecule has 0 saturated heterocycles. The summed E-state index contributed by atoms with van der Waals surface area (Å²) < 4.78 is 5.01. The van der Waals surface area contributed by atoms with Crippen molar-refractivity contribution in [1.82, 2.24) is 10.2 Å². The molecule has 1 aliphatic rings. The predicted molar refractivity (Wildman–Crippen MR) is 79.0 cm³/mol. The van der Waals surface area contributed by atoms with Gasteiger partial charge in [-0.15, -0.1) is 0 Å². The van der Waals surface area contributed by atoms with E-state index in [0.717, 1.165) is 0 Å². The SMILES string of the molecule is COc1cc(C2NC(=O)N(C)C(C)=C2C(=O)O)cc(Cl)c1O.